The number of carbonyl (C=O) groups is 1. The van der Waals surface area contributed by atoms with E-state index >= 15 is 0 Å². The number of hydrogen-bond acceptors (Lipinski definition) is 3. The summed E-state index contributed by atoms with van der Waals surface area (Å²) in [6.45, 7) is 0. The molecule has 0 unspecified atom stereocenters. The Morgan fingerprint density at radius 3 is 2.70 bits per heavy atom. The highest BCUT2D eigenvalue weighted by molar-refractivity contribution is 6.33. The van der Waals surface area contributed by atoms with Crippen LogP contribution in [0.1, 0.15) is 25.7 Å². The van der Waals surface area contributed by atoms with Crippen LogP contribution in [0.15, 0.2) is 36.0 Å². The molecule has 104 valence electrons. The molecule has 0 aliphatic heterocycles. The summed E-state index contributed by atoms with van der Waals surface area (Å²) in [4.78, 5) is 12.0. The van der Waals surface area contributed by atoms with E-state index in [1.807, 2.05) is 6.07 Å². The molecule has 0 atom stereocenters. The van der Waals surface area contributed by atoms with Gasteiger partial charge >= 0.3 is 0 Å². The van der Waals surface area contributed by atoms with E-state index in [0.717, 1.165) is 12.8 Å². The van der Waals surface area contributed by atoms with Gasteiger partial charge in [-0.2, -0.15) is 5.26 Å². The molecule has 5 heteroatoms. The summed E-state index contributed by atoms with van der Waals surface area (Å²) in [5, 5.41) is 15.3. The fraction of sp³-hybridized carbons (Fsp3) is 0.333. The van der Waals surface area contributed by atoms with Crippen LogP contribution in [0.4, 0.5) is 5.69 Å². The summed E-state index contributed by atoms with van der Waals surface area (Å²) >= 11 is 5.96. The molecule has 1 fully saturated rings. The zero-order valence-electron chi connectivity index (χ0n) is 11.0. The minimum Gasteiger partial charge on any atom is -0.387 e. The highest BCUT2D eigenvalue weighted by Gasteiger charge is 2.15. The molecule has 0 bridgehead atoms. The minimum atomic E-state index is -0.453. The van der Waals surface area contributed by atoms with Crippen LogP contribution in [0.3, 0.4) is 0 Å². The first-order valence-electron chi connectivity index (χ1n) is 6.63. The SMILES string of the molecule is N#C/C(=C/NC1CCCC1)C(=O)Nc1ccccc1Cl. The summed E-state index contributed by atoms with van der Waals surface area (Å²) in [5.41, 5.74) is 0.554. The van der Waals surface area contributed by atoms with Crippen LogP contribution in [0.2, 0.25) is 5.02 Å². The third-order valence-corrected chi connectivity index (χ3v) is 3.64. The summed E-state index contributed by atoms with van der Waals surface area (Å²) in [6.07, 6.45) is 6.06. The Balaban J connectivity index is 2.00. The van der Waals surface area contributed by atoms with Crippen LogP contribution in [-0.2, 0) is 4.79 Å². The molecular weight excluding hydrogens is 274 g/mol. The van der Waals surface area contributed by atoms with Gasteiger partial charge in [-0.15, -0.1) is 0 Å². The number of halogens is 1. The molecule has 2 rings (SSSR count). The van der Waals surface area contributed by atoms with Crippen LogP contribution >= 0.6 is 11.6 Å². The maximum atomic E-state index is 12.0. The molecule has 0 heterocycles. The van der Waals surface area contributed by atoms with Gasteiger partial charge in [0.15, 0.2) is 0 Å². The monoisotopic (exact) mass is 289 g/mol. The van der Waals surface area contributed by atoms with Crippen molar-refractivity contribution in [2.75, 3.05) is 5.32 Å². The predicted octanol–water partition coefficient (Wildman–Crippen LogP) is 3.22. The van der Waals surface area contributed by atoms with Gasteiger partial charge in [-0.05, 0) is 25.0 Å². The maximum absolute atomic E-state index is 12.0. The Hall–Kier alpha value is -1.99. The van der Waals surface area contributed by atoms with Gasteiger partial charge in [0, 0.05) is 12.2 Å². The Kier molecular flexibility index (Phi) is 5.03. The molecule has 1 amide bonds. The van der Waals surface area contributed by atoms with Gasteiger partial charge in [0.05, 0.1) is 10.7 Å². The van der Waals surface area contributed by atoms with Gasteiger partial charge in [-0.25, -0.2) is 0 Å². The molecule has 1 aliphatic carbocycles. The molecule has 0 aromatic heterocycles. The fourth-order valence-corrected chi connectivity index (χ4v) is 2.38. The Morgan fingerprint density at radius 1 is 1.35 bits per heavy atom. The fourth-order valence-electron chi connectivity index (χ4n) is 2.19. The average molecular weight is 290 g/mol. The van der Waals surface area contributed by atoms with Crippen molar-refractivity contribution < 1.29 is 4.79 Å². The first-order chi connectivity index (χ1) is 9.70. The molecule has 1 aromatic carbocycles. The second-order valence-corrected chi connectivity index (χ2v) is 5.16. The molecule has 1 aromatic rings. The van der Waals surface area contributed by atoms with Crippen molar-refractivity contribution in [3.8, 4) is 6.07 Å². The van der Waals surface area contributed by atoms with Crippen LogP contribution in [0, 0.1) is 11.3 Å². The predicted molar refractivity (Wildman–Crippen MR) is 79.2 cm³/mol. The average Bonchev–Trinajstić information content (AvgIpc) is 2.95. The summed E-state index contributed by atoms with van der Waals surface area (Å²) in [6, 6.07) is 9.20. The first-order valence-corrected chi connectivity index (χ1v) is 7.00. The number of para-hydroxylation sites is 1. The van der Waals surface area contributed by atoms with Crippen molar-refractivity contribution >= 4 is 23.2 Å². The molecule has 0 saturated heterocycles. The third-order valence-electron chi connectivity index (χ3n) is 3.31. The van der Waals surface area contributed by atoms with Crippen LogP contribution in [0.25, 0.3) is 0 Å². The number of carbonyl (C=O) groups excluding carboxylic acids is 1. The molecule has 0 radical (unpaired) electrons. The van der Waals surface area contributed by atoms with Crippen molar-refractivity contribution in [1.82, 2.24) is 5.32 Å². The Bertz CT molecular complexity index is 556. The first kappa shape index (κ1) is 14.4. The molecule has 1 saturated carbocycles. The van der Waals surface area contributed by atoms with Crippen LogP contribution in [0.5, 0.6) is 0 Å². The second kappa shape index (κ2) is 6.97. The number of rotatable bonds is 4. The number of benzene rings is 1. The minimum absolute atomic E-state index is 0.0526. The van der Waals surface area contributed by atoms with Crippen LogP contribution < -0.4 is 10.6 Å². The molecule has 1 aliphatic rings. The molecule has 0 spiro atoms. The van der Waals surface area contributed by atoms with Gasteiger partial charge in [0.25, 0.3) is 5.91 Å². The van der Waals surface area contributed by atoms with Crippen molar-refractivity contribution in [3.05, 3.63) is 41.1 Å². The number of hydrogen-bond donors (Lipinski definition) is 2. The second-order valence-electron chi connectivity index (χ2n) is 4.75. The van der Waals surface area contributed by atoms with E-state index in [1.165, 1.54) is 19.0 Å². The van der Waals surface area contributed by atoms with Crippen molar-refractivity contribution in [1.29, 1.82) is 5.26 Å². The zero-order valence-corrected chi connectivity index (χ0v) is 11.8. The van der Waals surface area contributed by atoms with Gasteiger partial charge in [0.2, 0.25) is 0 Å². The standard InChI is InChI=1S/C15H16ClN3O/c16-13-7-3-4-8-14(13)19-15(20)11(9-17)10-18-12-5-1-2-6-12/h3-4,7-8,10,12,18H,1-2,5-6H2,(H,19,20)/b11-10-. The molecule has 4 nitrogen and oxygen atoms in total. The number of anilines is 1. The van der Waals surface area contributed by atoms with E-state index in [2.05, 4.69) is 10.6 Å². The van der Waals surface area contributed by atoms with E-state index in [9.17, 15) is 4.79 Å². The quantitative estimate of drug-likeness (QED) is 0.661. The number of nitrogens with zero attached hydrogens (tertiary/aromatic N) is 1. The van der Waals surface area contributed by atoms with Crippen molar-refractivity contribution in [2.24, 2.45) is 0 Å². The lowest BCUT2D eigenvalue weighted by Gasteiger charge is -2.10. The van der Waals surface area contributed by atoms with Crippen molar-refractivity contribution in [2.45, 2.75) is 31.7 Å². The summed E-state index contributed by atoms with van der Waals surface area (Å²) in [5.74, 6) is -0.453. The van der Waals surface area contributed by atoms with Gasteiger partial charge in [-0.1, -0.05) is 36.6 Å². The number of amides is 1. The summed E-state index contributed by atoms with van der Waals surface area (Å²) < 4.78 is 0. The zero-order chi connectivity index (χ0) is 14.4. The molecule has 2 N–H and O–H groups in total. The maximum Gasteiger partial charge on any atom is 0.267 e. The Labute approximate surface area is 123 Å². The van der Waals surface area contributed by atoms with E-state index in [-0.39, 0.29) is 5.57 Å². The van der Waals surface area contributed by atoms with Gasteiger partial charge in [-0.3, -0.25) is 4.79 Å². The normalized spacial score (nSPS) is 15.7. The highest BCUT2D eigenvalue weighted by atomic mass is 35.5. The molecular formula is C15H16ClN3O. The van der Waals surface area contributed by atoms with E-state index < -0.39 is 5.91 Å². The highest BCUT2D eigenvalue weighted by Crippen LogP contribution is 2.21. The third kappa shape index (κ3) is 3.75. The summed E-state index contributed by atoms with van der Waals surface area (Å²) in [7, 11) is 0. The number of nitriles is 1. The lowest BCUT2D eigenvalue weighted by Crippen LogP contribution is -2.23. The van der Waals surface area contributed by atoms with E-state index in [0.29, 0.717) is 16.8 Å². The van der Waals surface area contributed by atoms with E-state index in [4.69, 9.17) is 16.9 Å². The smallest absolute Gasteiger partial charge is 0.267 e. The van der Waals surface area contributed by atoms with E-state index in [1.54, 1.807) is 24.3 Å². The van der Waals surface area contributed by atoms with Crippen molar-refractivity contribution in [3.63, 3.8) is 0 Å². The van der Waals surface area contributed by atoms with Gasteiger partial charge < -0.3 is 10.6 Å². The Morgan fingerprint density at radius 2 is 2.05 bits per heavy atom. The topological polar surface area (TPSA) is 64.9 Å². The van der Waals surface area contributed by atoms with Crippen LogP contribution in [-0.4, -0.2) is 11.9 Å². The largest absolute Gasteiger partial charge is 0.387 e. The molecule has 20 heavy (non-hydrogen) atoms. The lowest BCUT2D eigenvalue weighted by molar-refractivity contribution is -0.112. The lowest BCUT2D eigenvalue weighted by atomic mass is 10.2. The number of nitrogens with one attached hydrogen (secondary N) is 2. The van der Waals surface area contributed by atoms with Gasteiger partial charge in [0.1, 0.15) is 11.6 Å².